The average Bonchev–Trinajstić information content (AvgIpc) is 2.89. The van der Waals surface area contributed by atoms with Crippen LogP contribution in [0.25, 0.3) is 0 Å². The van der Waals surface area contributed by atoms with Crippen LogP contribution in [0.1, 0.15) is 29.9 Å². The lowest BCUT2D eigenvalue weighted by Crippen LogP contribution is -2.52. The molecule has 0 aliphatic carbocycles. The molecule has 2 aromatic heterocycles. The summed E-state index contributed by atoms with van der Waals surface area (Å²) in [5, 5.41) is 6.69. The van der Waals surface area contributed by atoms with Crippen molar-refractivity contribution in [2.75, 3.05) is 11.4 Å². The minimum Gasteiger partial charge on any atom is -0.361 e. The summed E-state index contributed by atoms with van der Waals surface area (Å²) in [6.45, 7) is 4.22. The van der Waals surface area contributed by atoms with Gasteiger partial charge in [-0.25, -0.2) is 0 Å². The van der Waals surface area contributed by atoms with Crippen LogP contribution >= 0.6 is 0 Å². The van der Waals surface area contributed by atoms with Crippen LogP contribution in [0.5, 0.6) is 0 Å². The fraction of sp³-hybridized carbons (Fsp3) is 0.412. The fourth-order valence-electron chi connectivity index (χ4n) is 2.94. The second-order valence-electron chi connectivity index (χ2n) is 5.94. The normalized spacial score (nSPS) is 17.8. The monoisotopic (exact) mass is 328 g/mol. The first-order chi connectivity index (χ1) is 11.6. The van der Waals surface area contributed by atoms with Crippen LogP contribution in [-0.2, 0) is 16.0 Å². The first-order valence-electron chi connectivity index (χ1n) is 7.99. The molecule has 0 radical (unpaired) electrons. The molecule has 0 spiro atoms. The number of piperidine rings is 1. The molecule has 7 nitrogen and oxygen atoms in total. The van der Waals surface area contributed by atoms with Gasteiger partial charge < -0.3 is 14.7 Å². The summed E-state index contributed by atoms with van der Waals surface area (Å²) >= 11 is 0. The van der Waals surface area contributed by atoms with Gasteiger partial charge >= 0.3 is 0 Å². The summed E-state index contributed by atoms with van der Waals surface area (Å²) in [6.07, 6.45) is 4.96. The zero-order valence-corrected chi connectivity index (χ0v) is 13.8. The van der Waals surface area contributed by atoms with E-state index in [4.69, 9.17) is 4.52 Å². The van der Waals surface area contributed by atoms with Crippen LogP contribution in [0.2, 0.25) is 0 Å². The standard InChI is InChI=1S/C17H20N4O3/c1-11-14(12(2)24-20-11)9-16(22)19-15-6-4-8-21(17(15)23)13-5-3-7-18-10-13/h3,5,7,10,15H,4,6,8-9H2,1-2H3,(H,19,22)/t15-/m0/s1. The predicted molar refractivity (Wildman–Crippen MR) is 87.4 cm³/mol. The molecule has 1 atom stereocenters. The van der Waals surface area contributed by atoms with E-state index < -0.39 is 6.04 Å². The van der Waals surface area contributed by atoms with E-state index >= 15 is 0 Å². The van der Waals surface area contributed by atoms with Crippen molar-refractivity contribution < 1.29 is 14.1 Å². The Balaban J connectivity index is 1.66. The molecule has 7 heteroatoms. The highest BCUT2D eigenvalue weighted by Crippen LogP contribution is 2.20. The molecule has 3 rings (SSSR count). The maximum absolute atomic E-state index is 12.7. The number of anilines is 1. The minimum atomic E-state index is -0.507. The molecule has 126 valence electrons. The summed E-state index contributed by atoms with van der Waals surface area (Å²) in [5.41, 5.74) is 2.24. The third-order valence-corrected chi connectivity index (χ3v) is 4.25. The molecule has 1 saturated heterocycles. The zero-order chi connectivity index (χ0) is 17.1. The van der Waals surface area contributed by atoms with E-state index in [0.29, 0.717) is 24.4 Å². The first-order valence-corrected chi connectivity index (χ1v) is 7.99. The highest BCUT2D eigenvalue weighted by Gasteiger charge is 2.31. The summed E-state index contributed by atoms with van der Waals surface area (Å²) < 4.78 is 5.07. The number of pyridine rings is 1. The predicted octanol–water partition coefficient (Wildman–Crippen LogP) is 1.54. The summed E-state index contributed by atoms with van der Waals surface area (Å²) in [4.78, 5) is 30.7. The Morgan fingerprint density at radius 2 is 2.29 bits per heavy atom. The molecule has 1 aliphatic rings. The van der Waals surface area contributed by atoms with E-state index in [0.717, 1.165) is 17.7 Å². The van der Waals surface area contributed by atoms with E-state index in [-0.39, 0.29) is 18.2 Å². The molecule has 24 heavy (non-hydrogen) atoms. The molecule has 2 aromatic rings. The Hall–Kier alpha value is -2.70. The fourth-order valence-corrected chi connectivity index (χ4v) is 2.94. The van der Waals surface area contributed by atoms with E-state index in [2.05, 4.69) is 15.5 Å². The Morgan fingerprint density at radius 1 is 1.46 bits per heavy atom. The van der Waals surface area contributed by atoms with Gasteiger partial charge in [-0.15, -0.1) is 0 Å². The first kappa shape index (κ1) is 16.2. The van der Waals surface area contributed by atoms with Gasteiger partial charge in [0.05, 0.1) is 24.0 Å². The molecular formula is C17H20N4O3. The maximum atomic E-state index is 12.7. The Bertz CT molecular complexity index is 722. The molecule has 0 saturated carbocycles. The van der Waals surface area contributed by atoms with Crippen LogP contribution in [0.15, 0.2) is 29.0 Å². The number of nitrogens with one attached hydrogen (secondary N) is 1. The van der Waals surface area contributed by atoms with Gasteiger partial charge in [0, 0.05) is 18.3 Å². The molecule has 0 unspecified atom stereocenters. The zero-order valence-electron chi connectivity index (χ0n) is 13.8. The molecular weight excluding hydrogens is 308 g/mol. The number of nitrogens with zero attached hydrogens (tertiary/aromatic N) is 3. The van der Waals surface area contributed by atoms with E-state index in [1.54, 1.807) is 37.2 Å². The smallest absolute Gasteiger partial charge is 0.249 e. The number of carbonyl (C=O) groups is 2. The SMILES string of the molecule is Cc1noc(C)c1CC(=O)N[C@H]1CCCN(c2cccnc2)C1=O. The lowest BCUT2D eigenvalue weighted by Gasteiger charge is -2.32. The average molecular weight is 328 g/mol. The van der Waals surface area contributed by atoms with Crippen molar-refractivity contribution in [1.82, 2.24) is 15.5 Å². The maximum Gasteiger partial charge on any atom is 0.249 e. The van der Waals surface area contributed by atoms with Crippen LogP contribution in [0.4, 0.5) is 5.69 Å². The van der Waals surface area contributed by atoms with Gasteiger partial charge in [-0.3, -0.25) is 14.6 Å². The number of hydrogen-bond acceptors (Lipinski definition) is 5. The summed E-state index contributed by atoms with van der Waals surface area (Å²) in [7, 11) is 0. The molecule has 3 heterocycles. The topological polar surface area (TPSA) is 88.3 Å². The molecule has 1 N–H and O–H groups in total. The van der Waals surface area contributed by atoms with Crippen molar-refractivity contribution in [3.05, 3.63) is 41.5 Å². The van der Waals surface area contributed by atoms with Gasteiger partial charge in [0.1, 0.15) is 11.8 Å². The van der Waals surface area contributed by atoms with E-state index in [1.807, 2.05) is 6.07 Å². The summed E-state index contributed by atoms with van der Waals surface area (Å²) in [6, 6.07) is 3.13. The number of carbonyl (C=O) groups excluding carboxylic acids is 2. The third-order valence-electron chi connectivity index (χ3n) is 4.25. The number of aryl methyl sites for hydroxylation is 2. The van der Waals surface area contributed by atoms with Gasteiger partial charge in [-0.05, 0) is 38.8 Å². The van der Waals surface area contributed by atoms with Crippen molar-refractivity contribution in [2.24, 2.45) is 0 Å². The Morgan fingerprint density at radius 3 is 2.96 bits per heavy atom. The van der Waals surface area contributed by atoms with Crippen molar-refractivity contribution in [1.29, 1.82) is 0 Å². The number of amides is 2. The van der Waals surface area contributed by atoms with Gasteiger partial charge in [0.15, 0.2) is 0 Å². The number of aromatic nitrogens is 2. The van der Waals surface area contributed by atoms with Gasteiger partial charge in [0.25, 0.3) is 0 Å². The van der Waals surface area contributed by atoms with Crippen LogP contribution in [-0.4, -0.2) is 34.5 Å². The van der Waals surface area contributed by atoms with Crippen molar-refractivity contribution in [3.8, 4) is 0 Å². The van der Waals surface area contributed by atoms with Gasteiger partial charge in [-0.2, -0.15) is 0 Å². The van der Waals surface area contributed by atoms with Gasteiger partial charge in [-0.1, -0.05) is 5.16 Å². The lowest BCUT2D eigenvalue weighted by molar-refractivity contribution is -0.128. The van der Waals surface area contributed by atoms with Crippen molar-refractivity contribution in [2.45, 2.75) is 39.2 Å². The molecule has 0 bridgehead atoms. The second-order valence-corrected chi connectivity index (χ2v) is 5.94. The molecule has 2 amide bonds. The van der Waals surface area contributed by atoms with Crippen LogP contribution < -0.4 is 10.2 Å². The quantitative estimate of drug-likeness (QED) is 0.920. The number of rotatable bonds is 4. The van der Waals surface area contributed by atoms with E-state index in [9.17, 15) is 9.59 Å². The van der Waals surface area contributed by atoms with Crippen molar-refractivity contribution >= 4 is 17.5 Å². The highest BCUT2D eigenvalue weighted by atomic mass is 16.5. The van der Waals surface area contributed by atoms with Crippen LogP contribution in [0.3, 0.4) is 0 Å². The third kappa shape index (κ3) is 3.29. The van der Waals surface area contributed by atoms with Gasteiger partial charge in [0.2, 0.25) is 11.8 Å². The minimum absolute atomic E-state index is 0.0960. The number of hydrogen-bond donors (Lipinski definition) is 1. The Labute approximate surface area is 140 Å². The highest BCUT2D eigenvalue weighted by molar-refractivity contribution is 5.99. The lowest BCUT2D eigenvalue weighted by atomic mass is 10.0. The molecule has 1 aliphatic heterocycles. The van der Waals surface area contributed by atoms with Crippen molar-refractivity contribution in [3.63, 3.8) is 0 Å². The largest absolute Gasteiger partial charge is 0.361 e. The van der Waals surface area contributed by atoms with E-state index in [1.165, 1.54) is 0 Å². The molecule has 0 aromatic carbocycles. The molecule has 1 fully saturated rings. The Kier molecular flexibility index (Phi) is 4.59. The summed E-state index contributed by atoms with van der Waals surface area (Å²) in [5.74, 6) is 0.340. The van der Waals surface area contributed by atoms with Crippen LogP contribution in [0, 0.1) is 13.8 Å². The second kappa shape index (κ2) is 6.82.